The Morgan fingerprint density at radius 1 is 1.58 bits per heavy atom. The highest BCUT2D eigenvalue weighted by Crippen LogP contribution is 2.21. The zero-order chi connectivity index (χ0) is 14.0. The molecule has 0 amide bonds. The molecule has 1 unspecified atom stereocenters. The Bertz CT molecular complexity index is 476. The molecule has 5 nitrogen and oxygen atoms in total. The van der Waals surface area contributed by atoms with E-state index >= 15 is 0 Å². The Morgan fingerprint density at radius 2 is 2.32 bits per heavy atom. The second kappa shape index (κ2) is 5.57. The molecule has 0 radical (unpaired) electrons. The maximum Gasteiger partial charge on any atom is 0.339 e. The van der Waals surface area contributed by atoms with Crippen molar-refractivity contribution < 1.29 is 9.90 Å². The molecule has 0 aromatic carbocycles. The normalized spacial score (nSPS) is 19.6. The molecule has 1 aromatic heterocycles. The summed E-state index contributed by atoms with van der Waals surface area (Å²) in [4.78, 5) is 19.9. The molecule has 104 valence electrons. The molecule has 2 heterocycles. The van der Waals surface area contributed by atoms with E-state index in [2.05, 4.69) is 16.9 Å². The molecule has 19 heavy (non-hydrogen) atoms. The average molecular weight is 263 g/mol. The van der Waals surface area contributed by atoms with Gasteiger partial charge in [0, 0.05) is 25.3 Å². The molecule has 1 saturated heterocycles. The number of aromatic carboxylic acids is 1. The lowest BCUT2D eigenvalue weighted by molar-refractivity contribution is 0.0697. The fraction of sp³-hybridized carbons (Fsp3) is 0.571. The van der Waals surface area contributed by atoms with Crippen molar-refractivity contribution in [2.45, 2.75) is 25.8 Å². The van der Waals surface area contributed by atoms with Gasteiger partial charge in [0.2, 0.25) is 0 Å². The topological polar surface area (TPSA) is 56.7 Å². The summed E-state index contributed by atoms with van der Waals surface area (Å²) in [5, 5.41) is 9.24. The molecular formula is C14H21N3O2. The number of carboxylic acids is 1. The van der Waals surface area contributed by atoms with Crippen LogP contribution in [0, 0.1) is 6.92 Å². The fourth-order valence-corrected chi connectivity index (χ4v) is 2.61. The number of nitrogens with zero attached hydrogens (tertiary/aromatic N) is 3. The van der Waals surface area contributed by atoms with E-state index in [4.69, 9.17) is 0 Å². The summed E-state index contributed by atoms with van der Waals surface area (Å²) < 4.78 is 0. The summed E-state index contributed by atoms with van der Waals surface area (Å²) in [5.74, 6) is -0.359. The monoisotopic (exact) mass is 263 g/mol. The van der Waals surface area contributed by atoms with Gasteiger partial charge in [0.25, 0.3) is 0 Å². The van der Waals surface area contributed by atoms with Crippen LogP contribution in [0.1, 0.15) is 28.9 Å². The van der Waals surface area contributed by atoms with Crippen molar-refractivity contribution in [2.75, 3.05) is 32.1 Å². The maximum atomic E-state index is 11.3. The molecule has 1 fully saturated rings. The van der Waals surface area contributed by atoms with Gasteiger partial charge < -0.3 is 14.9 Å². The van der Waals surface area contributed by atoms with E-state index in [0.29, 0.717) is 11.9 Å². The average Bonchev–Trinajstić information content (AvgIpc) is 2.74. The van der Waals surface area contributed by atoms with E-state index in [9.17, 15) is 9.90 Å². The summed E-state index contributed by atoms with van der Waals surface area (Å²) in [6.07, 6.45) is 2.37. The predicted molar refractivity (Wildman–Crippen MR) is 74.9 cm³/mol. The number of aromatic nitrogens is 1. The largest absolute Gasteiger partial charge is 0.478 e. The van der Waals surface area contributed by atoms with Gasteiger partial charge in [-0.25, -0.2) is 9.78 Å². The van der Waals surface area contributed by atoms with Gasteiger partial charge in [-0.3, -0.25) is 0 Å². The minimum atomic E-state index is -0.922. The van der Waals surface area contributed by atoms with Gasteiger partial charge in [0.15, 0.2) is 0 Å². The fourth-order valence-electron chi connectivity index (χ4n) is 2.61. The van der Waals surface area contributed by atoms with Crippen LogP contribution in [-0.4, -0.2) is 54.2 Å². The van der Waals surface area contributed by atoms with E-state index in [0.717, 1.165) is 25.2 Å². The lowest BCUT2D eigenvalue weighted by atomic mass is 10.2. The lowest BCUT2D eigenvalue weighted by Crippen LogP contribution is -2.37. The van der Waals surface area contributed by atoms with E-state index in [1.54, 1.807) is 12.1 Å². The van der Waals surface area contributed by atoms with Crippen molar-refractivity contribution in [3.8, 4) is 0 Å². The van der Waals surface area contributed by atoms with Crippen molar-refractivity contribution in [1.82, 2.24) is 9.88 Å². The number of likely N-dealkylation sites (tertiary alicyclic amines) is 1. The van der Waals surface area contributed by atoms with Crippen LogP contribution in [0.5, 0.6) is 0 Å². The van der Waals surface area contributed by atoms with E-state index in [1.807, 2.05) is 18.9 Å². The zero-order valence-electron chi connectivity index (χ0n) is 11.8. The third-order valence-corrected chi connectivity index (χ3v) is 3.76. The predicted octanol–water partition coefficient (Wildman–Crippen LogP) is 1.62. The molecule has 1 aromatic rings. The second-order valence-corrected chi connectivity index (χ2v) is 5.29. The van der Waals surface area contributed by atoms with Crippen molar-refractivity contribution >= 4 is 11.8 Å². The van der Waals surface area contributed by atoms with Gasteiger partial charge in [0.1, 0.15) is 11.4 Å². The van der Waals surface area contributed by atoms with Gasteiger partial charge in [0.05, 0.1) is 0 Å². The highest BCUT2D eigenvalue weighted by Gasteiger charge is 2.24. The minimum absolute atomic E-state index is 0.272. The number of carbonyl (C=O) groups is 1. The molecule has 2 rings (SSSR count). The van der Waals surface area contributed by atoms with E-state index < -0.39 is 5.97 Å². The van der Waals surface area contributed by atoms with Crippen LogP contribution in [0.3, 0.4) is 0 Å². The number of aryl methyl sites for hydroxylation is 1. The Labute approximate surface area is 113 Å². The molecule has 1 N–H and O–H groups in total. The van der Waals surface area contributed by atoms with Crippen LogP contribution in [0.15, 0.2) is 12.1 Å². The van der Waals surface area contributed by atoms with Gasteiger partial charge >= 0.3 is 5.97 Å². The summed E-state index contributed by atoms with van der Waals surface area (Å²) in [5.41, 5.74) is 1.11. The third-order valence-electron chi connectivity index (χ3n) is 3.76. The van der Waals surface area contributed by atoms with Crippen LogP contribution in [0.25, 0.3) is 0 Å². The summed E-state index contributed by atoms with van der Waals surface area (Å²) in [6, 6.07) is 3.85. The van der Waals surface area contributed by atoms with Crippen LogP contribution in [-0.2, 0) is 0 Å². The molecule has 0 saturated carbocycles. The first-order chi connectivity index (χ1) is 8.99. The van der Waals surface area contributed by atoms with Crippen LogP contribution < -0.4 is 4.90 Å². The Kier molecular flexibility index (Phi) is 4.04. The first-order valence-electron chi connectivity index (χ1n) is 6.61. The van der Waals surface area contributed by atoms with Gasteiger partial charge in [-0.05, 0) is 45.5 Å². The highest BCUT2D eigenvalue weighted by molar-refractivity contribution is 5.93. The lowest BCUT2D eigenvalue weighted by Gasteiger charge is -2.27. The molecule has 0 aliphatic carbocycles. The summed E-state index contributed by atoms with van der Waals surface area (Å²) in [7, 11) is 4.04. The maximum absolute atomic E-state index is 11.3. The number of anilines is 1. The van der Waals surface area contributed by atoms with Crippen LogP contribution in [0.2, 0.25) is 0 Å². The van der Waals surface area contributed by atoms with Crippen molar-refractivity contribution in [3.05, 3.63) is 23.4 Å². The molecule has 1 atom stereocenters. The van der Waals surface area contributed by atoms with E-state index in [-0.39, 0.29) is 5.56 Å². The number of hydrogen-bond donors (Lipinski definition) is 1. The molecule has 0 bridgehead atoms. The van der Waals surface area contributed by atoms with Gasteiger partial charge in [-0.1, -0.05) is 0 Å². The zero-order valence-corrected chi connectivity index (χ0v) is 11.8. The quantitative estimate of drug-likeness (QED) is 0.894. The second-order valence-electron chi connectivity index (χ2n) is 5.29. The number of pyridine rings is 1. The van der Waals surface area contributed by atoms with Gasteiger partial charge in [-0.15, -0.1) is 0 Å². The summed E-state index contributed by atoms with van der Waals surface area (Å²) >= 11 is 0. The van der Waals surface area contributed by atoms with E-state index in [1.165, 1.54) is 6.42 Å². The first-order valence-corrected chi connectivity index (χ1v) is 6.61. The number of carboxylic acid groups (broad SMARTS) is 1. The number of hydrogen-bond acceptors (Lipinski definition) is 4. The SMILES string of the molecule is Cc1ccc(C(=O)O)c(N(C)CC2CCCN2C)n1. The molecule has 5 heteroatoms. The molecule has 1 aliphatic heterocycles. The van der Waals surface area contributed by atoms with Crippen molar-refractivity contribution in [1.29, 1.82) is 0 Å². The Morgan fingerprint density at radius 3 is 2.89 bits per heavy atom. The van der Waals surface area contributed by atoms with Gasteiger partial charge in [-0.2, -0.15) is 0 Å². The van der Waals surface area contributed by atoms with Crippen molar-refractivity contribution in [3.63, 3.8) is 0 Å². The first kappa shape index (κ1) is 13.8. The number of likely N-dealkylation sites (N-methyl/N-ethyl adjacent to an activating group) is 2. The molecule has 1 aliphatic rings. The highest BCUT2D eigenvalue weighted by atomic mass is 16.4. The summed E-state index contributed by atoms with van der Waals surface area (Å²) in [6.45, 7) is 3.81. The Hall–Kier alpha value is -1.62. The smallest absolute Gasteiger partial charge is 0.339 e. The van der Waals surface area contributed by atoms with Crippen LogP contribution in [0.4, 0.5) is 5.82 Å². The standard InChI is InChI=1S/C14H21N3O2/c1-10-6-7-12(14(18)19)13(15-10)17(3)9-11-5-4-8-16(11)2/h6-7,11H,4-5,8-9H2,1-3H3,(H,18,19). The van der Waals surface area contributed by atoms with Crippen molar-refractivity contribution in [2.24, 2.45) is 0 Å². The van der Waals surface area contributed by atoms with Crippen LogP contribution >= 0.6 is 0 Å². The number of rotatable bonds is 4. The minimum Gasteiger partial charge on any atom is -0.478 e. The third kappa shape index (κ3) is 3.04. The molecule has 0 spiro atoms. The molecular weight excluding hydrogens is 242 g/mol. The Balaban J connectivity index is 2.20.